The highest BCUT2D eigenvalue weighted by Gasteiger charge is 2.54. The van der Waals surface area contributed by atoms with E-state index in [1.807, 2.05) is 42.2 Å². The zero-order chi connectivity index (χ0) is 25.1. The van der Waals surface area contributed by atoms with Gasteiger partial charge in [-0.05, 0) is 41.7 Å². The van der Waals surface area contributed by atoms with Gasteiger partial charge in [0.15, 0.2) is 11.5 Å². The maximum atomic E-state index is 13.2. The molecule has 1 saturated heterocycles. The molecule has 0 radical (unpaired) electrons. The molecule has 2 aromatic rings. The lowest BCUT2D eigenvalue weighted by Crippen LogP contribution is -2.52. The molecule has 1 fully saturated rings. The topological polar surface area (TPSA) is 86.3 Å². The lowest BCUT2D eigenvalue weighted by molar-refractivity contribution is -0.133. The molecule has 8 nitrogen and oxygen atoms in total. The standard InChI is InChI=1S/C28H34N2O6/c1-3-24(31)29-26-20-6-4-5-7-21(20)28(27(26)34-15-14-33-2)10-12-30(13-11-28)25(32)17-19-8-9-22-23(16-19)36-18-35-22/h4-9,16,26-27H,3,10-15,17-18H2,1-2H3,(H,29,31)/t26-,27+/m1/s1. The molecule has 3 aliphatic rings. The number of ether oxygens (including phenoxy) is 4. The number of hydrogen-bond donors (Lipinski definition) is 1. The molecule has 1 spiro atoms. The van der Waals surface area contributed by atoms with Crippen LogP contribution in [0, 0.1) is 0 Å². The van der Waals surface area contributed by atoms with Gasteiger partial charge in [0.25, 0.3) is 0 Å². The number of carbonyl (C=O) groups is 2. The van der Waals surface area contributed by atoms with E-state index in [-0.39, 0.29) is 36.2 Å². The number of methoxy groups -OCH3 is 1. The van der Waals surface area contributed by atoms with Gasteiger partial charge in [0, 0.05) is 32.0 Å². The maximum absolute atomic E-state index is 13.2. The van der Waals surface area contributed by atoms with Crippen molar-refractivity contribution in [3.63, 3.8) is 0 Å². The van der Waals surface area contributed by atoms with Crippen LogP contribution in [0.1, 0.15) is 48.9 Å². The predicted molar refractivity (Wildman–Crippen MR) is 133 cm³/mol. The normalized spacial score (nSPS) is 21.4. The molecule has 192 valence electrons. The number of rotatable bonds is 8. The van der Waals surface area contributed by atoms with Crippen molar-refractivity contribution in [2.45, 2.75) is 50.2 Å². The van der Waals surface area contributed by atoms with Crippen LogP contribution in [0.15, 0.2) is 42.5 Å². The number of carbonyl (C=O) groups excluding carboxylic acids is 2. The van der Waals surface area contributed by atoms with E-state index < -0.39 is 0 Å². The van der Waals surface area contributed by atoms with E-state index in [1.54, 1.807) is 7.11 Å². The fourth-order valence-corrected chi connectivity index (χ4v) is 5.85. The van der Waals surface area contributed by atoms with Crippen molar-refractivity contribution in [1.29, 1.82) is 0 Å². The van der Waals surface area contributed by atoms with Crippen LogP contribution in [-0.2, 0) is 30.9 Å². The minimum atomic E-state index is -0.272. The van der Waals surface area contributed by atoms with Crippen molar-refractivity contribution in [3.8, 4) is 11.5 Å². The number of fused-ring (bicyclic) bond motifs is 3. The van der Waals surface area contributed by atoms with Gasteiger partial charge in [-0.25, -0.2) is 0 Å². The number of nitrogens with zero attached hydrogens (tertiary/aromatic N) is 1. The predicted octanol–water partition coefficient (Wildman–Crippen LogP) is 3.13. The fraction of sp³-hybridized carbons (Fsp3) is 0.500. The SMILES string of the molecule is CCC(=O)N[C@@H]1c2ccccc2C2(CCN(C(=O)Cc3ccc4c(c3)OCO4)CC2)[C@H]1OCCOC. The number of hydrogen-bond acceptors (Lipinski definition) is 6. The Labute approximate surface area is 211 Å². The molecule has 2 amide bonds. The molecule has 0 bridgehead atoms. The molecule has 1 N–H and O–H groups in total. The van der Waals surface area contributed by atoms with Crippen molar-refractivity contribution in [2.75, 3.05) is 40.2 Å². The second-order valence-electron chi connectivity index (χ2n) is 9.67. The highest BCUT2D eigenvalue weighted by atomic mass is 16.7. The number of piperidine rings is 1. The Morgan fingerprint density at radius 1 is 1.08 bits per heavy atom. The van der Waals surface area contributed by atoms with Crippen LogP contribution in [-0.4, -0.2) is 63.0 Å². The summed E-state index contributed by atoms with van der Waals surface area (Å²) in [4.78, 5) is 27.6. The summed E-state index contributed by atoms with van der Waals surface area (Å²) in [5.74, 6) is 1.51. The molecule has 0 aromatic heterocycles. The third kappa shape index (κ3) is 4.55. The van der Waals surface area contributed by atoms with Crippen molar-refractivity contribution in [3.05, 3.63) is 59.2 Å². The van der Waals surface area contributed by atoms with Gasteiger partial charge in [0.2, 0.25) is 18.6 Å². The summed E-state index contributed by atoms with van der Waals surface area (Å²) in [6, 6.07) is 13.8. The summed E-state index contributed by atoms with van der Waals surface area (Å²) in [6.07, 6.45) is 2.06. The molecule has 2 heterocycles. The Kier molecular flexibility index (Phi) is 7.16. The maximum Gasteiger partial charge on any atom is 0.231 e. The molecule has 2 aliphatic heterocycles. The lowest BCUT2D eigenvalue weighted by atomic mass is 9.71. The van der Waals surface area contributed by atoms with Gasteiger partial charge in [-0.3, -0.25) is 9.59 Å². The Balaban J connectivity index is 1.34. The van der Waals surface area contributed by atoms with E-state index >= 15 is 0 Å². The smallest absolute Gasteiger partial charge is 0.231 e. The molecule has 36 heavy (non-hydrogen) atoms. The summed E-state index contributed by atoms with van der Waals surface area (Å²) in [5.41, 5.74) is 2.98. The van der Waals surface area contributed by atoms with Gasteiger partial charge in [0.05, 0.1) is 31.8 Å². The highest BCUT2D eigenvalue weighted by molar-refractivity contribution is 5.79. The molecule has 8 heteroatoms. The number of likely N-dealkylation sites (tertiary alicyclic amines) is 1. The first-order valence-corrected chi connectivity index (χ1v) is 12.7. The van der Waals surface area contributed by atoms with Gasteiger partial charge >= 0.3 is 0 Å². The fourth-order valence-electron chi connectivity index (χ4n) is 5.85. The van der Waals surface area contributed by atoms with Crippen LogP contribution in [0.25, 0.3) is 0 Å². The highest BCUT2D eigenvalue weighted by Crippen LogP contribution is 2.52. The van der Waals surface area contributed by atoms with Crippen molar-refractivity contribution in [2.24, 2.45) is 0 Å². The summed E-state index contributed by atoms with van der Waals surface area (Å²) >= 11 is 0. The summed E-state index contributed by atoms with van der Waals surface area (Å²) < 4.78 is 22.5. The Morgan fingerprint density at radius 3 is 2.64 bits per heavy atom. The van der Waals surface area contributed by atoms with Crippen LogP contribution in [0.4, 0.5) is 0 Å². The number of nitrogens with one attached hydrogen (secondary N) is 1. The van der Waals surface area contributed by atoms with Gasteiger partial charge in [-0.15, -0.1) is 0 Å². The Hall–Kier alpha value is -3.10. The third-order valence-corrected chi connectivity index (χ3v) is 7.70. The second kappa shape index (κ2) is 10.5. The van der Waals surface area contributed by atoms with Crippen molar-refractivity contribution in [1.82, 2.24) is 10.2 Å². The molecule has 0 unspecified atom stereocenters. The minimum Gasteiger partial charge on any atom is -0.454 e. The van der Waals surface area contributed by atoms with Crippen molar-refractivity contribution >= 4 is 11.8 Å². The monoisotopic (exact) mass is 494 g/mol. The van der Waals surface area contributed by atoms with Crippen LogP contribution in [0.5, 0.6) is 11.5 Å². The van der Waals surface area contributed by atoms with E-state index in [4.69, 9.17) is 18.9 Å². The average Bonchev–Trinajstić information content (AvgIpc) is 3.46. The molecule has 5 rings (SSSR count). The number of amides is 2. The van der Waals surface area contributed by atoms with Crippen LogP contribution < -0.4 is 14.8 Å². The molecule has 2 atom stereocenters. The molecular weight excluding hydrogens is 460 g/mol. The van der Waals surface area contributed by atoms with Gasteiger partial charge in [-0.2, -0.15) is 0 Å². The summed E-state index contributed by atoms with van der Waals surface area (Å²) in [5, 5.41) is 3.21. The first-order valence-electron chi connectivity index (χ1n) is 12.7. The van der Waals surface area contributed by atoms with E-state index in [1.165, 1.54) is 5.56 Å². The zero-order valence-electron chi connectivity index (χ0n) is 21.0. The minimum absolute atomic E-state index is 0.00327. The van der Waals surface area contributed by atoms with Gasteiger partial charge in [0.1, 0.15) is 0 Å². The zero-order valence-corrected chi connectivity index (χ0v) is 21.0. The van der Waals surface area contributed by atoms with Crippen LogP contribution in [0.3, 0.4) is 0 Å². The largest absolute Gasteiger partial charge is 0.454 e. The first kappa shape index (κ1) is 24.6. The van der Waals surface area contributed by atoms with E-state index in [0.29, 0.717) is 44.9 Å². The average molecular weight is 495 g/mol. The van der Waals surface area contributed by atoms with E-state index in [2.05, 4.69) is 17.4 Å². The third-order valence-electron chi connectivity index (χ3n) is 7.70. The Morgan fingerprint density at radius 2 is 1.86 bits per heavy atom. The van der Waals surface area contributed by atoms with Crippen LogP contribution in [0.2, 0.25) is 0 Å². The van der Waals surface area contributed by atoms with E-state index in [0.717, 1.165) is 29.7 Å². The van der Waals surface area contributed by atoms with Crippen molar-refractivity contribution < 1.29 is 28.5 Å². The second-order valence-corrected chi connectivity index (χ2v) is 9.67. The van der Waals surface area contributed by atoms with Gasteiger partial charge < -0.3 is 29.2 Å². The molecule has 2 aromatic carbocycles. The van der Waals surface area contributed by atoms with E-state index in [9.17, 15) is 9.59 Å². The molecule has 0 saturated carbocycles. The molecular formula is C28H34N2O6. The number of benzene rings is 2. The first-order chi connectivity index (χ1) is 17.6. The summed E-state index contributed by atoms with van der Waals surface area (Å²) in [6.45, 7) is 4.28. The van der Waals surface area contributed by atoms with Gasteiger partial charge in [-0.1, -0.05) is 37.3 Å². The van der Waals surface area contributed by atoms with Crippen LogP contribution >= 0.6 is 0 Å². The Bertz CT molecular complexity index is 1110. The quantitative estimate of drug-likeness (QED) is 0.568. The summed E-state index contributed by atoms with van der Waals surface area (Å²) in [7, 11) is 1.66. The molecule has 1 aliphatic carbocycles. The lowest BCUT2D eigenvalue weighted by Gasteiger charge is -2.44.